The van der Waals surface area contributed by atoms with Crippen LogP contribution in [0.3, 0.4) is 0 Å². The summed E-state index contributed by atoms with van der Waals surface area (Å²) in [5, 5.41) is 2.50. The van der Waals surface area contributed by atoms with Crippen molar-refractivity contribution in [3.63, 3.8) is 0 Å². The van der Waals surface area contributed by atoms with Gasteiger partial charge >= 0.3 is 12.1 Å². The predicted molar refractivity (Wildman–Crippen MR) is 81.0 cm³/mol. The third-order valence-electron chi connectivity index (χ3n) is 3.46. The Morgan fingerprint density at radius 3 is 2.70 bits per heavy atom. The number of carbonyl (C=O) groups is 3. The maximum absolute atomic E-state index is 12.2. The Balaban J connectivity index is 1.84. The summed E-state index contributed by atoms with van der Waals surface area (Å²) in [5.41, 5.74) is 0.806. The van der Waals surface area contributed by atoms with Crippen LogP contribution in [0.25, 0.3) is 0 Å². The molecule has 1 aliphatic heterocycles. The largest absolute Gasteiger partial charge is 0.464 e. The van der Waals surface area contributed by atoms with Crippen molar-refractivity contribution >= 4 is 18.0 Å². The van der Waals surface area contributed by atoms with Gasteiger partial charge in [0.25, 0.3) is 0 Å². The highest BCUT2D eigenvalue weighted by Gasteiger charge is 2.36. The Bertz CT molecular complexity index is 614. The number of alkyl carbamates (subject to hydrolysis) is 1. The molecule has 0 radical (unpaired) electrons. The Kier molecular flexibility index (Phi) is 5.35. The predicted octanol–water partition coefficient (Wildman–Crippen LogP) is 1.20. The Morgan fingerprint density at radius 1 is 1.35 bits per heavy atom. The zero-order valence-electron chi connectivity index (χ0n) is 12.8. The van der Waals surface area contributed by atoms with E-state index in [9.17, 15) is 14.4 Å². The number of nitrogens with zero attached hydrogens (tertiary/aromatic N) is 1. The molecular weight excluding hydrogens is 300 g/mol. The first-order chi connectivity index (χ1) is 11.0. The molecule has 0 unspecified atom stereocenters. The number of ether oxygens (including phenoxy) is 2. The lowest BCUT2D eigenvalue weighted by Crippen LogP contribution is -2.42. The molecule has 0 saturated carbocycles. The van der Waals surface area contributed by atoms with Crippen molar-refractivity contribution < 1.29 is 23.9 Å². The number of rotatable bonds is 5. The van der Waals surface area contributed by atoms with Gasteiger partial charge in [-0.25, -0.2) is 9.59 Å². The van der Waals surface area contributed by atoms with Gasteiger partial charge in [-0.05, 0) is 12.0 Å². The molecule has 1 atom stereocenters. The molecule has 1 aromatic rings. The number of nitrogens with one attached hydrogen (secondary N) is 1. The normalized spacial score (nSPS) is 16.8. The highest BCUT2D eigenvalue weighted by atomic mass is 16.5. The molecule has 0 bridgehead atoms. The number of carbonyl (C=O) groups excluding carboxylic acids is 3. The van der Waals surface area contributed by atoms with Crippen LogP contribution in [0.4, 0.5) is 4.79 Å². The van der Waals surface area contributed by atoms with Gasteiger partial charge in [-0.2, -0.15) is 0 Å². The third kappa shape index (κ3) is 4.09. The van der Waals surface area contributed by atoms with Crippen molar-refractivity contribution in [3.05, 3.63) is 48.2 Å². The Hall–Kier alpha value is -2.83. The highest BCUT2D eigenvalue weighted by Crippen LogP contribution is 2.17. The van der Waals surface area contributed by atoms with E-state index < -0.39 is 24.0 Å². The number of benzene rings is 1. The molecule has 23 heavy (non-hydrogen) atoms. The smallest absolute Gasteiger partial charge is 0.408 e. The molecule has 1 saturated heterocycles. The van der Waals surface area contributed by atoms with Gasteiger partial charge in [-0.1, -0.05) is 36.9 Å². The monoisotopic (exact) mass is 318 g/mol. The van der Waals surface area contributed by atoms with E-state index in [4.69, 9.17) is 4.74 Å². The van der Waals surface area contributed by atoms with Gasteiger partial charge in [-0.3, -0.25) is 4.79 Å². The molecular formula is C16H18N2O5. The molecule has 7 heteroatoms. The topological polar surface area (TPSA) is 84.9 Å². The fourth-order valence-corrected chi connectivity index (χ4v) is 2.22. The second kappa shape index (κ2) is 7.44. The minimum Gasteiger partial charge on any atom is -0.464 e. The summed E-state index contributed by atoms with van der Waals surface area (Å²) in [5.74, 6) is -1.08. The number of amides is 2. The minimum absolute atomic E-state index is 0.0422. The lowest BCUT2D eigenvalue weighted by molar-refractivity contribution is -0.141. The van der Waals surface area contributed by atoms with Gasteiger partial charge < -0.3 is 19.7 Å². The van der Waals surface area contributed by atoms with Crippen molar-refractivity contribution in [3.8, 4) is 0 Å². The Morgan fingerprint density at radius 2 is 2.04 bits per heavy atom. The van der Waals surface area contributed by atoms with E-state index in [2.05, 4.69) is 16.6 Å². The summed E-state index contributed by atoms with van der Waals surface area (Å²) in [4.78, 5) is 36.5. The van der Waals surface area contributed by atoms with Crippen molar-refractivity contribution in [2.75, 3.05) is 13.7 Å². The molecule has 1 fully saturated rings. The fraction of sp³-hybridized carbons (Fsp3) is 0.312. The zero-order valence-corrected chi connectivity index (χ0v) is 12.8. The lowest BCUT2D eigenvalue weighted by Gasteiger charge is -2.17. The van der Waals surface area contributed by atoms with Crippen LogP contribution in [-0.4, -0.2) is 42.6 Å². The van der Waals surface area contributed by atoms with Crippen LogP contribution < -0.4 is 5.32 Å². The third-order valence-corrected chi connectivity index (χ3v) is 3.46. The van der Waals surface area contributed by atoms with E-state index >= 15 is 0 Å². The summed E-state index contributed by atoms with van der Waals surface area (Å²) in [7, 11) is 1.21. The number of likely N-dealkylation sites (tertiary alicyclic amines) is 1. The van der Waals surface area contributed by atoms with Gasteiger partial charge in [0.2, 0.25) is 5.91 Å². The van der Waals surface area contributed by atoms with Gasteiger partial charge in [0.05, 0.1) is 7.11 Å². The standard InChI is InChI=1S/C16H18N2O5/c1-11(15(20)22-2)18-9-8-13(14(18)19)17-16(21)23-10-12-6-4-3-5-7-12/h3-7,13H,1,8-10H2,2H3,(H,17,21)/t13-/m0/s1. The molecule has 0 aromatic heterocycles. The first kappa shape index (κ1) is 16.5. The molecule has 1 aromatic carbocycles. The number of methoxy groups -OCH3 is 1. The Labute approximate surface area is 133 Å². The van der Waals surface area contributed by atoms with Crippen LogP contribution in [0.1, 0.15) is 12.0 Å². The summed E-state index contributed by atoms with van der Waals surface area (Å²) < 4.78 is 9.60. The zero-order chi connectivity index (χ0) is 16.8. The first-order valence-corrected chi connectivity index (χ1v) is 7.08. The van der Waals surface area contributed by atoms with Crippen molar-refractivity contribution in [1.82, 2.24) is 10.2 Å². The number of hydrogen-bond acceptors (Lipinski definition) is 5. The van der Waals surface area contributed by atoms with Crippen LogP contribution in [0, 0.1) is 0 Å². The van der Waals surface area contributed by atoms with Crippen LogP contribution in [0.15, 0.2) is 42.6 Å². The molecule has 1 heterocycles. The SMILES string of the molecule is C=C(C(=O)OC)N1CC[C@H](NC(=O)OCc2ccccc2)C1=O. The van der Waals surface area contributed by atoms with Gasteiger partial charge in [0.15, 0.2) is 0 Å². The summed E-state index contributed by atoms with van der Waals surface area (Å²) in [6, 6.07) is 8.47. The lowest BCUT2D eigenvalue weighted by atomic mass is 10.2. The molecule has 1 N–H and O–H groups in total. The van der Waals surface area contributed by atoms with Crippen molar-refractivity contribution in [2.45, 2.75) is 19.1 Å². The number of esters is 1. The second-order valence-electron chi connectivity index (χ2n) is 4.98. The van der Waals surface area contributed by atoms with Crippen molar-refractivity contribution in [1.29, 1.82) is 0 Å². The van der Waals surface area contributed by atoms with E-state index in [1.165, 1.54) is 12.0 Å². The van der Waals surface area contributed by atoms with Crippen LogP contribution >= 0.6 is 0 Å². The fourth-order valence-electron chi connectivity index (χ4n) is 2.22. The molecule has 1 aliphatic rings. The molecule has 122 valence electrons. The quantitative estimate of drug-likeness (QED) is 0.651. The summed E-state index contributed by atoms with van der Waals surface area (Å²) in [6.07, 6.45) is -0.312. The summed E-state index contributed by atoms with van der Waals surface area (Å²) >= 11 is 0. The van der Waals surface area contributed by atoms with E-state index in [1.807, 2.05) is 30.3 Å². The van der Waals surface area contributed by atoms with E-state index in [-0.39, 0.29) is 18.8 Å². The van der Waals surface area contributed by atoms with E-state index in [0.29, 0.717) is 6.42 Å². The molecule has 7 nitrogen and oxygen atoms in total. The van der Waals surface area contributed by atoms with Gasteiger partial charge in [0.1, 0.15) is 18.3 Å². The van der Waals surface area contributed by atoms with Crippen LogP contribution in [-0.2, 0) is 25.7 Å². The van der Waals surface area contributed by atoms with Gasteiger partial charge in [0, 0.05) is 6.54 Å². The average Bonchev–Trinajstić information content (AvgIpc) is 2.93. The van der Waals surface area contributed by atoms with Crippen molar-refractivity contribution in [2.24, 2.45) is 0 Å². The second-order valence-corrected chi connectivity index (χ2v) is 4.98. The molecule has 2 amide bonds. The number of hydrogen-bond donors (Lipinski definition) is 1. The minimum atomic E-state index is -0.736. The van der Waals surface area contributed by atoms with E-state index in [1.54, 1.807) is 0 Å². The maximum atomic E-state index is 12.2. The van der Waals surface area contributed by atoms with Crippen LogP contribution in [0.5, 0.6) is 0 Å². The first-order valence-electron chi connectivity index (χ1n) is 7.08. The molecule has 0 spiro atoms. The van der Waals surface area contributed by atoms with E-state index in [0.717, 1.165) is 5.56 Å². The van der Waals surface area contributed by atoms with Gasteiger partial charge in [-0.15, -0.1) is 0 Å². The van der Waals surface area contributed by atoms with Crippen LogP contribution in [0.2, 0.25) is 0 Å². The summed E-state index contributed by atoms with van der Waals surface area (Å²) in [6.45, 7) is 3.94. The average molecular weight is 318 g/mol. The maximum Gasteiger partial charge on any atom is 0.408 e. The molecule has 0 aliphatic carbocycles. The highest BCUT2D eigenvalue weighted by molar-refractivity contribution is 5.97. The molecule has 2 rings (SSSR count).